The summed E-state index contributed by atoms with van der Waals surface area (Å²) < 4.78 is 1.55. The molecule has 1 heterocycles. The summed E-state index contributed by atoms with van der Waals surface area (Å²) in [4.78, 5) is 23.2. The summed E-state index contributed by atoms with van der Waals surface area (Å²) >= 11 is 5.38. The molecule has 92 valence electrons. The van der Waals surface area contributed by atoms with E-state index in [0.29, 0.717) is 6.54 Å². The molecule has 0 atom stereocenters. The lowest BCUT2D eigenvalue weighted by atomic mass is 10.1. The molecule has 18 heavy (non-hydrogen) atoms. The number of carbonyl (C=O) groups is 1. The number of rotatable bonds is 3. The first-order valence-electron chi connectivity index (χ1n) is 5.64. The summed E-state index contributed by atoms with van der Waals surface area (Å²) in [6, 6.07) is 12.8. The molecule has 0 N–H and O–H groups in total. The Kier molecular flexibility index (Phi) is 3.63. The Hall–Kier alpha value is -1.87. The van der Waals surface area contributed by atoms with Gasteiger partial charge < -0.3 is 4.57 Å². The topological polar surface area (TPSA) is 39.1 Å². The van der Waals surface area contributed by atoms with Gasteiger partial charge in [-0.3, -0.25) is 9.59 Å². The van der Waals surface area contributed by atoms with Crippen LogP contribution in [0.25, 0.3) is 11.3 Å². The van der Waals surface area contributed by atoms with Gasteiger partial charge in [0.2, 0.25) is 0 Å². The van der Waals surface area contributed by atoms with Gasteiger partial charge in [0.25, 0.3) is 10.8 Å². The van der Waals surface area contributed by atoms with Gasteiger partial charge >= 0.3 is 0 Å². The van der Waals surface area contributed by atoms with E-state index < -0.39 is 5.24 Å². The molecule has 2 aromatic rings. The quantitative estimate of drug-likeness (QED) is 0.797. The summed E-state index contributed by atoms with van der Waals surface area (Å²) in [5.74, 6) is 0. The largest absolute Gasteiger partial charge is 0.308 e. The molecule has 0 saturated heterocycles. The highest BCUT2D eigenvalue weighted by Crippen LogP contribution is 2.18. The third-order valence-electron chi connectivity index (χ3n) is 2.77. The minimum atomic E-state index is -0.721. The zero-order valence-corrected chi connectivity index (χ0v) is 10.6. The maximum absolute atomic E-state index is 12.1. The lowest BCUT2D eigenvalue weighted by Gasteiger charge is -2.11. The highest BCUT2D eigenvalue weighted by Gasteiger charge is 2.12. The van der Waals surface area contributed by atoms with Crippen LogP contribution in [0.3, 0.4) is 0 Å². The van der Waals surface area contributed by atoms with E-state index in [1.54, 1.807) is 10.6 Å². The van der Waals surface area contributed by atoms with E-state index in [-0.39, 0.29) is 11.1 Å². The highest BCUT2D eigenvalue weighted by molar-refractivity contribution is 6.67. The lowest BCUT2D eigenvalue weighted by molar-refractivity contribution is 0.107. The van der Waals surface area contributed by atoms with Gasteiger partial charge in [0, 0.05) is 6.54 Å². The van der Waals surface area contributed by atoms with Crippen LogP contribution in [-0.4, -0.2) is 9.81 Å². The number of nitrogens with zero attached hydrogens (tertiary/aromatic N) is 1. The average Bonchev–Trinajstić information content (AvgIpc) is 2.39. The third-order valence-corrected chi connectivity index (χ3v) is 2.98. The van der Waals surface area contributed by atoms with Gasteiger partial charge in [-0.15, -0.1) is 0 Å². The van der Waals surface area contributed by atoms with Gasteiger partial charge in [-0.2, -0.15) is 0 Å². The number of carbonyl (C=O) groups excluding carboxylic acids is 1. The molecule has 0 aliphatic rings. The van der Waals surface area contributed by atoms with Crippen LogP contribution >= 0.6 is 11.6 Å². The molecule has 0 aliphatic carbocycles. The molecular formula is C14H12ClNO2. The Balaban J connectivity index is 2.68. The van der Waals surface area contributed by atoms with E-state index in [4.69, 9.17) is 11.6 Å². The lowest BCUT2D eigenvalue weighted by Crippen LogP contribution is -2.25. The fourth-order valence-electron chi connectivity index (χ4n) is 1.90. The fraction of sp³-hybridized carbons (Fsp3) is 0.143. The molecule has 0 bridgehead atoms. The van der Waals surface area contributed by atoms with Crippen molar-refractivity contribution in [2.45, 2.75) is 13.5 Å². The smallest absolute Gasteiger partial charge is 0.263 e. The van der Waals surface area contributed by atoms with Crippen molar-refractivity contribution in [1.82, 2.24) is 4.57 Å². The Labute approximate surface area is 110 Å². The van der Waals surface area contributed by atoms with Crippen LogP contribution in [-0.2, 0) is 6.54 Å². The minimum absolute atomic E-state index is 0.0122. The Morgan fingerprint density at radius 3 is 2.39 bits per heavy atom. The molecule has 1 aromatic carbocycles. The zero-order chi connectivity index (χ0) is 13.1. The molecule has 0 spiro atoms. The van der Waals surface area contributed by atoms with Crippen LogP contribution in [0.4, 0.5) is 0 Å². The second kappa shape index (κ2) is 5.19. The van der Waals surface area contributed by atoms with Gasteiger partial charge in [0.1, 0.15) is 0 Å². The molecule has 1 aromatic heterocycles. The normalized spacial score (nSPS) is 10.3. The van der Waals surface area contributed by atoms with Crippen molar-refractivity contribution in [2.24, 2.45) is 0 Å². The van der Waals surface area contributed by atoms with Crippen molar-refractivity contribution in [1.29, 1.82) is 0 Å². The molecule has 3 nitrogen and oxygen atoms in total. The van der Waals surface area contributed by atoms with Crippen molar-refractivity contribution in [3.63, 3.8) is 0 Å². The van der Waals surface area contributed by atoms with Crippen molar-refractivity contribution in [2.75, 3.05) is 0 Å². The summed E-state index contributed by atoms with van der Waals surface area (Å²) in [6.07, 6.45) is 0. The Morgan fingerprint density at radius 2 is 1.83 bits per heavy atom. The molecule has 0 amide bonds. The first-order valence-corrected chi connectivity index (χ1v) is 6.02. The summed E-state index contributed by atoms with van der Waals surface area (Å²) in [5.41, 5.74) is 1.38. The summed E-state index contributed by atoms with van der Waals surface area (Å²) in [6.45, 7) is 2.34. The van der Waals surface area contributed by atoms with E-state index in [0.717, 1.165) is 11.3 Å². The standard InChI is InChI=1S/C14H12ClNO2/c1-2-16-12(10-6-4-3-5-7-10)9-8-11(13(15)17)14(16)18/h3-9H,2H2,1H3. The Bertz CT molecular complexity index is 632. The van der Waals surface area contributed by atoms with E-state index in [1.165, 1.54) is 6.07 Å². The van der Waals surface area contributed by atoms with Crippen molar-refractivity contribution >= 4 is 16.8 Å². The number of aromatic nitrogens is 1. The molecule has 2 rings (SSSR count). The van der Waals surface area contributed by atoms with Crippen LogP contribution < -0.4 is 5.56 Å². The molecule has 0 fully saturated rings. The number of benzene rings is 1. The van der Waals surface area contributed by atoms with Crippen LogP contribution in [0.15, 0.2) is 47.3 Å². The number of hydrogen-bond donors (Lipinski definition) is 0. The zero-order valence-electron chi connectivity index (χ0n) is 9.89. The molecule has 0 radical (unpaired) electrons. The summed E-state index contributed by atoms with van der Waals surface area (Å²) in [5, 5.41) is -0.721. The van der Waals surface area contributed by atoms with Crippen LogP contribution in [0.2, 0.25) is 0 Å². The van der Waals surface area contributed by atoms with Gasteiger partial charge in [0.15, 0.2) is 0 Å². The second-order valence-electron chi connectivity index (χ2n) is 3.82. The first kappa shape index (κ1) is 12.6. The van der Waals surface area contributed by atoms with Gasteiger partial charge in [-0.25, -0.2) is 0 Å². The molecule has 0 saturated carbocycles. The Morgan fingerprint density at radius 1 is 1.17 bits per heavy atom. The molecular weight excluding hydrogens is 250 g/mol. The van der Waals surface area contributed by atoms with E-state index in [9.17, 15) is 9.59 Å². The van der Waals surface area contributed by atoms with E-state index in [2.05, 4.69) is 0 Å². The monoisotopic (exact) mass is 261 g/mol. The number of halogens is 1. The minimum Gasteiger partial charge on any atom is -0.308 e. The van der Waals surface area contributed by atoms with Crippen molar-refractivity contribution in [3.8, 4) is 11.3 Å². The van der Waals surface area contributed by atoms with Gasteiger partial charge in [0.05, 0.1) is 11.3 Å². The van der Waals surface area contributed by atoms with Gasteiger partial charge in [-0.1, -0.05) is 30.3 Å². The van der Waals surface area contributed by atoms with Crippen LogP contribution in [0, 0.1) is 0 Å². The predicted octanol–water partition coefficient (Wildman–Crippen LogP) is 2.91. The van der Waals surface area contributed by atoms with Crippen LogP contribution in [0.5, 0.6) is 0 Å². The third kappa shape index (κ3) is 2.22. The maximum Gasteiger partial charge on any atom is 0.263 e. The number of pyridine rings is 1. The predicted molar refractivity (Wildman–Crippen MR) is 72.0 cm³/mol. The number of hydrogen-bond acceptors (Lipinski definition) is 2. The summed E-state index contributed by atoms with van der Waals surface area (Å²) in [7, 11) is 0. The average molecular weight is 262 g/mol. The maximum atomic E-state index is 12.1. The second-order valence-corrected chi connectivity index (χ2v) is 4.16. The molecule has 0 aliphatic heterocycles. The molecule has 0 unspecified atom stereocenters. The van der Waals surface area contributed by atoms with E-state index in [1.807, 2.05) is 37.3 Å². The highest BCUT2D eigenvalue weighted by atomic mass is 35.5. The molecule has 4 heteroatoms. The van der Waals surface area contributed by atoms with E-state index >= 15 is 0 Å². The van der Waals surface area contributed by atoms with Gasteiger partial charge in [-0.05, 0) is 36.2 Å². The van der Waals surface area contributed by atoms with Crippen molar-refractivity contribution in [3.05, 3.63) is 58.4 Å². The van der Waals surface area contributed by atoms with Crippen LogP contribution in [0.1, 0.15) is 17.3 Å². The SMILES string of the molecule is CCn1c(-c2ccccc2)ccc(C(=O)Cl)c1=O. The van der Waals surface area contributed by atoms with Crippen molar-refractivity contribution < 1.29 is 4.79 Å². The first-order chi connectivity index (χ1) is 8.65. The fourth-order valence-corrected chi connectivity index (χ4v) is 2.05.